The third kappa shape index (κ3) is 5.37. The average Bonchev–Trinajstić information content (AvgIpc) is 2.62. The number of piperidine rings is 1. The highest BCUT2D eigenvalue weighted by Crippen LogP contribution is 2.21. The maximum atomic E-state index is 12.8. The highest BCUT2D eigenvalue weighted by molar-refractivity contribution is 5.79. The number of carbonyl (C=O) groups excluding carboxylic acids is 1. The predicted octanol–water partition coefficient (Wildman–Crippen LogP) is 2.55. The van der Waals surface area contributed by atoms with Crippen LogP contribution in [0.25, 0.3) is 0 Å². The number of hydrogen-bond donors (Lipinski definition) is 0. The van der Waals surface area contributed by atoms with Crippen LogP contribution in [0.5, 0.6) is 0 Å². The quantitative estimate of drug-likeness (QED) is 0.773. The number of nitriles is 2. The normalized spacial score (nSPS) is 17.7. The van der Waals surface area contributed by atoms with Crippen LogP contribution in [0.3, 0.4) is 0 Å². The third-order valence-corrected chi connectivity index (χ3v) is 4.40. The molecule has 1 unspecified atom stereocenters. The summed E-state index contributed by atoms with van der Waals surface area (Å²) in [6.45, 7) is 3.47. The van der Waals surface area contributed by atoms with Crippen LogP contribution in [0.1, 0.15) is 31.2 Å². The Balaban J connectivity index is 1.94. The topological polar surface area (TPSA) is 71.1 Å². The van der Waals surface area contributed by atoms with Gasteiger partial charge in [-0.05, 0) is 24.9 Å². The Labute approximate surface area is 144 Å². The van der Waals surface area contributed by atoms with Gasteiger partial charge < -0.3 is 4.90 Å². The third-order valence-electron chi connectivity index (χ3n) is 4.40. The summed E-state index contributed by atoms with van der Waals surface area (Å²) in [5.41, 5.74) is 1.26. The molecule has 2 rings (SSSR count). The van der Waals surface area contributed by atoms with E-state index in [0.717, 1.165) is 32.5 Å². The van der Waals surface area contributed by atoms with E-state index in [1.54, 1.807) is 4.90 Å². The Morgan fingerprint density at radius 1 is 1.17 bits per heavy atom. The second-order valence-electron chi connectivity index (χ2n) is 6.20. The molecule has 126 valence electrons. The van der Waals surface area contributed by atoms with Crippen molar-refractivity contribution in [3.8, 4) is 12.1 Å². The monoisotopic (exact) mass is 324 g/mol. The summed E-state index contributed by atoms with van der Waals surface area (Å²) in [7, 11) is 0. The molecule has 1 aliphatic rings. The number of amides is 1. The van der Waals surface area contributed by atoms with E-state index in [-0.39, 0.29) is 11.8 Å². The molecule has 1 aliphatic heterocycles. The second-order valence-corrected chi connectivity index (χ2v) is 6.20. The van der Waals surface area contributed by atoms with Gasteiger partial charge in [0.2, 0.25) is 5.91 Å². The van der Waals surface area contributed by atoms with Crippen molar-refractivity contribution >= 4 is 5.91 Å². The summed E-state index contributed by atoms with van der Waals surface area (Å²) in [6.07, 6.45) is 2.53. The van der Waals surface area contributed by atoms with Crippen LogP contribution in [-0.2, 0) is 11.3 Å². The first-order valence-electron chi connectivity index (χ1n) is 8.53. The molecule has 5 nitrogen and oxygen atoms in total. The highest BCUT2D eigenvalue weighted by Gasteiger charge is 2.29. The second kappa shape index (κ2) is 9.70. The summed E-state index contributed by atoms with van der Waals surface area (Å²) < 4.78 is 0. The van der Waals surface area contributed by atoms with Crippen molar-refractivity contribution in [1.29, 1.82) is 10.5 Å². The molecule has 1 atom stereocenters. The summed E-state index contributed by atoms with van der Waals surface area (Å²) in [6, 6.07) is 14.5. The minimum atomic E-state index is -0.0279. The highest BCUT2D eigenvalue weighted by atomic mass is 16.2. The van der Waals surface area contributed by atoms with E-state index in [9.17, 15) is 4.79 Å². The van der Waals surface area contributed by atoms with Crippen molar-refractivity contribution in [3.05, 3.63) is 35.9 Å². The fourth-order valence-corrected chi connectivity index (χ4v) is 3.20. The number of carbonyl (C=O) groups is 1. The van der Waals surface area contributed by atoms with Gasteiger partial charge in [-0.2, -0.15) is 10.5 Å². The summed E-state index contributed by atoms with van der Waals surface area (Å²) in [5, 5.41) is 17.6. The zero-order valence-corrected chi connectivity index (χ0v) is 14.0. The van der Waals surface area contributed by atoms with Gasteiger partial charge in [0, 0.05) is 26.2 Å². The molecule has 1 aromatic rings. The summed E-state index contributed by atoms with van der Waals surface area (Å²) in [5.74, 6) is 0.0677. The first-order chi connectivity index (χ1) is 11.7. The van der Waals surface area contributed by atoms with Gasteiger partial charge in [-0.3, -0.25) is 9.69 Å². The van der Waals surface area contributed by atoms with Gasteiger partial charge in [0.25, 0.3) is 0 Å². The van der Waals surface area contributed by atoms with Crippen LogP contribution in [0.15, 0.2) is 30.3 Å². The largest absolute Gasteiger partial charge is 0.340 e. The molecule has 1 saturated heterocycles. The lowest BCUT2D eigenvalue weighted by Crippen LogP contribution is -2.45. The smallest absolute Gasteiger partial charge is 0.227 e. The summed E-state index contributed by atoms with van der Waals surface area (Å²) >= 11 is 0. The van der Waals surface area contributed by atoms with Gasteiger partial charge in [0.1, 0.15) is 0 Å². The van der Waals surface area contributed by atoms with E-state index < -0.39 is 0 Å². The average molecular weight is 324 g/mol. The van der Waals surface area contributed by atoms with Crippen molar-refractivity contribution in [2.45, 2.75) is 32.2 Å². The van der Waals surface area contributed by atoms with Crippen molar-refractivity contribution in [2.75, 3.05) is 26.2 Å². The van der Waals surface area contributed by atoms with Crippen LogP contribution in [0, 0.1) is 28.6 Å². The number of likely N-dealkylation sites (tertiary alicyclic amines) is 1. The van der Waals surface area contributed by atoms with E-state index >= 15 is 0 Å². The fraction of sp³-hybridized carbons (Fsp3) is 0.526. The molecule has 5 heteroatoms. The molecule has 1 aromatic carbocycles. The molecular weight excluding hydrogens is 300 g/mol. The van der Waals surface area contributed by atoms with Crippen molar-refractivity contribution in [1.82, 2.24) is 9.80 Å². The van der Waals surface area contributed by atoms with Crippen LogP contribution >= 0.6 is 0 Å². The maximum absolute atomic E-state index is 12.8. The molecule has 0 aliphatic carbocycles. The van der Waals surface area contributed by atoms with Gasteiger partial charge in [-0.25, -0.2) is 0 Å². The van der Waals surface area contributed by atoms with E-state index in [4.69, 9.17) is 10.5 Å². The van der Waals surface area contributed by atoms with Crippen LogP contribution in [0.2, 0.25) is 0 Å². The molecule has 0 N–H and O–H groups in total. The van der Waals surface area contributed by atoms with E-state index in [2.05, 4.69) is 29.2 Å². The molecule has 0 bridgehead atoms. The Morgan fingerprint density at radius 2 is 1.83 bits per heavy atom. The Hall–Kier alpha value is -2.37. The van der Waals surface area contributed by atoms with Gasteiger partial charge in [-0.15, -0.1) is 0 Å². The van der Waals surface area contributed by atoms with Crippen molar-refractivity contribution in [2.24, 2.45) is 5.92 Å². The van der Waals surface area contributed by atoms with Gasteiger partial charge in [0.15, 0.2) is 0 Å². The Morgan fingerprint density at radius 3 is 2.46 bits per heavy atom. The molecule has 1 fully saturated rings. The van der Waals surface area contributed by atoms with Gasteiger partial charge in [0.05, 0.1) is 30.9 Å². The van der Waals surface area contributed by atoms with Crippen molar-refractivity contribution in [3.63, 3.8) is 0 Å². The number of hydrogen-bond acceptors (Lipinski definition) is 4. The fourth-order valence-electron chi connectivity index (χ4n) is 3.20. The standard InChI is InChI=1S/C19H24N4O/c20-10-5-13-23(14-6-11-21)19(24)18-9-4-12-22(16-18)15-17-7-2-1-3-8-17/h1-3,7-8,18H,4-6,9,12-16H2. The minimum Gasteiger partial charge on any atom is -0.340 e. The molecule has 1 heterocycles. The maximum Gasteiger partial charge on any atom is 0.227 e. The molecule has 0 spiro atoms. The molecule has 0 saturated carbocycles. The first kappa shape index (κ1) is 18.0. The van der Waals surface area contributed by atoms with Crippen molar-refractivity contribution < 1.29 is 4.79 Å². The molecule has 0 aromatic heterocycles. The predicted molar refractivity (Wildman–Crippen MR) is 91.5 cm³/mol. The lowest BCUT2D eigenvalue weighted by atomic mass is 9.95. The first-order valence-corrected chi connectivity index (χ1v) is 8.53. The van der Waals surface area contributed by atoms with Crippen LogP contribution in [-0.4, -0.2) is 41.9 Å². The zero-order chi connectivity index (χ0) is 17.2. The number of nitrogens with zero attached hydrogens (tertiary/aromatic N) is 4. The number of rotatable bonds is 7. The molecule has 1 amide bonds. The summed E-state index contributed by atoms with van der Waals surface area (Å²) in [4.78, 5) is 16.8. The Kier molecular flexibility index (Phi) is 7.26. The van der Waals surface area contributed by atoms with Gasteiger partial charge >= 0.3 is 0 Å². The zero-order valence-electron chi connectivity index (χ0n) is 14.0. The number of benzene rings is 1. The van der Waals surface area contributed by atoms with E-state index in [1.165, 1.54) is 5.56 Å². The SMILES string of the molecule is N#CCCN(CCC#N)C(=O)C1CCCN(Cc2ccccc2)C1. The van der Waals surface area contributed by atoms with E-state index in [0.29, 0.717) is 25.9 Å². The Bertz CT molecular complexity index is 584. The van der Waals surface area contributed by atoms with E-state index in [1.807, 2.05) is 18.2 Å². The van der Waals surface area contributed by atoms with Gasteiger partial charge in [-0.1, -0.05) is 30.3 Å². The van der Waals surface area contributed by atoms with Crippen LogP contribution in [0.4, 0.5) is 0 Å². The molecule has 24 heavy (non-hydrogen) atoms. The van der Waals surface area contributed by atoms with Crippen LogP contribution < -0.4 is 0 Å². The lowest BCUT2D eigenvalue weighted by molar-refractivity contribution is -0.137. The molecule has 0 radical (unpaired) electrons. The lowest BCUT2D eigenvalue weighted by Gasteiger charge is -2.34. The molecular formula is C19H24N4O. The minimum absolute atomic E-state index is 0.0279.